The number of nitrogens with one attached hydrogen (secondary N) is 2. The van der Waals surface area contributed by atoms with Crippen LogP contribution in [-0.4, -0.2) is 25.1 Å². The van der Waals surface area contributed by atoms with E-state index >= 15 is 0 Å². The van der Waals surface area contributed by atoms with Gasteiger partial charge in [0.05, 0.1) is 13.3 Å². The van der Waals surface area contributed by atoms with Crippen LogP contribution in [0.5, 0.6) is 5.75 Å². The third-order valence-corrected chi connectivity index (χ3v) is 3.17. The van der Waals surface area contributed by atoms with Crippen LogP contribution in [0.1, 0.15) is 5.56 Å². The summed E-state index contributed by atoms with van der Waals surface area (Å²) in [5, 5.41) is 6.64. The molecule has 0 aromatic heterocycles. The van der Waals surface area contributed by atoms with Crippen molar-refractivity contribution in [3.8, 4) is 5.75 Å². The largest absolute Gasteiger partial charge is 0.497 e. The summed E-state index contributed by atoms with van der Waals surface area (Å²) in [5.41, 5.74) is 3.24. The van der Waals surface area contributed by atoms with Gasteiger partial charge in [-0.25, -0.2) is 5.43 Å². The van der Waals surface area contributed by atoms with E-state index in [2.05, 4.69) is 15.8 Å². The second kappa shape index (κ2) is 7.95. The summed E-state index contributed by atoms with van der Waals surface area (Å²) in [6.45, 7) is 0. The highest BCUT2D eigenvalue weighted by Gasteiger charge is 2.12. The minimum atomic E-state index is -0.885. The quantitative estimate of drug-likeness (QED) is 0.513. The number of benzene rings is 2. The van der Waals surface area contributed by atoms with Gasteiger partial charge in [0.15, 0.2) is 0 Å². The molecule has 2 amide bonds. The van der Waals surface area contributed by atoms with Gasteiger partial charge in [0.2, 0.25) is 0 Å². The fraction of sp³-hybridized carbons (Fsp3) is 0.0625. The minimum Gasteiger partial charge on any atom is -0.497 e. The van der Waals surface area contributed by atoms with Gasteiger partial charge in [0.1, 0.15) is 5.75 Å². The van der Waals surface area contributed by atoms with Gasteiger partial charge in [0, 0.05) is 16.3 Å². The van der Waals surface area contributed by atoms with Crippen molar-refractivity contribution in [2.24, 2.45) is 5.10 Å². The second-order valence-corrected chi connectivity index (χ2v) is 4.81. The van der Waals surface area contributed by atoms with E-state index in [9.17, 15) is 9.59 Å². The first-order valence-electron chi connectivity index (χ1n) is 6.63. The van der Waals surface area contributed by atoms with Gasteiger partial charge >= 0.3 is 11.8 Å². The maximum Gasteiger partial charge on any atom is 0.329 e. The molecule has 2 aromatic carbocycles. The molecular weight excluding hydrogens is 318 g/mol. The van der Waals surface area contributed by atoms with Crippen molar-refractivity contribution in [1.29, 1.82) is 0 Å². The number of methoxy groups -OCH3 is 1. The van der Waals surface area contributed by atoms with Crippen molar-refractivity contribution in [3.63, 3.8) is 0 Å². The van der Waals surface area contributed by atoms with E-state index in [0.29, 0.717) is 22.0 Å². The predicted octanol–water partition coefficient (Wildman–Crippen LogP) is 2.44. The molecule has 0 aliphatic rings. The lowest BCUT2D eigenvalue weighted by atomic mass is 10.2. The van der Waals surface area contributed by atoms with Crippen LogP contribution >= 0.6 is 11.6 Å². The highest BCUT2D eigenvalue weighted by molar-refractivity contribution is 6.39. The highest BCUT2D eigenvalue weighted by atomic mass is 35.5. The van der Waals surface area contributed by atoms with Crippen LogP contribution in [0.25, 0.3) is 0 Å². The molecule has 0 atom stereocenters. The number of rotatable bonds is 4. The first-order chi connectivity index (χ1) is 11.1. The summed E-state index contributed by atoms with van der Waals surface area (Å²) < 4.78 is 5.00. The summed E-state index contributed by atoms with van der Waals surface area (Å²) in [6.07, 6.45) is 1.36. The average molecular weight is 332 g/mol. The number of anilines is 1. The van der Waals surface area contributed by atoms with Gasteiger partial charge in [-0.15, -0.1) is 0 Å². The minimum absolute atomic E-state index is 0.473. The number of hydrazone groups is 1. The SMILES string of the molecule is COc1ccc(NC(=O)C(=O)N/N=C\c2ccccc2Cl)cc1. The Hall–Kier alpha value is -2.86. The Labute approximate surface area is 138 Å². The van der Waals surface area contributed by atoms with Gasteiger partial charge in [-0.3, -0.25) is 9.59 Å². The molecule has 6 nitrogen and oxygen atoms in total. The number of ether oxygens (including phenoxy) is 1. The van der Waals surface area contributed by atoms with E-state index in [0.717, 1.165) is 0 Å². The van der Waals surface area contributed by atoms with E-state index in [1.165, 1.54) is 13.3 Å². The van der Waals surface area contributed by atoms with E-state index < -0.39 is 11.8 Å². The van der Waals surface area contributed by atoms with E-state index in [1.807, 2.05) is 0 Å². The summed E-state index contributed by atoms with van der Waals surface area (Å²) in [5.74, 6) is -1.06. The molecule has 0 spiro atoms. The molecule has 0 fully saturated rings. The zero-order valence-electron chi connectivity index (χ0n) is 12.2. The van der Waals surface area contributed by atoms with Crippen molar-refractivity contribution in [3.05, 3.63) is 59.1 Å². The normalized spacial score (nSPS) is 10.3. The number of carbonyl (C=O) groups is 2. The Morgan fingerprint density at radius 3 is 2.43 bits per heavy atom. The number of nitrogens with zero attached hydrogens (tertiary/aromatic N) is 1. The van der Waals surface area contributed by atoms with Crippen molar-refractivity contribution in [2.45, 2.75) is 0 Å². The third kappa shape index (κ3) is 4.82. The molecule has 2 aromatic rings. The zero-order valence-corrected chi connectivity index (χ0v) is 13.0. The van der Waals surface area contributed by atoms with Crippen LogP contribution in [0, 0.1) is 0 Å². The Morgan fingerprint density at radius 1 is 1.09 bits per heavy atom. The standard InChI is InChI=1S/C16H14ClN3O3/c1-23-13-8-6-12(7-9-13)19-15(21)16(22)20-18-10-11-4-2-3-5-14(11)17/h2-10H,1H3,(H,19,21)(H,20,22)/b18-10-. The van der Waals surface area contributed by atoms with Crippen LogP contribution in [-0.2, 0) is 9.59 Å². The number of hydrogen-bond acceptors (Lipinski definition) is 4. The monoisotopic (exact) mass is 331 g/mol. The average Bonchev–Trinajstić information content (AvgIpc) is 2.57. The van der Waals surface area contributed by atoms with Crippen LogP contribution in [0.15, 0.2) is 53.6 Å². The second-order valence-electron chi connectivity index (χ2n) is 4.40. The maximum atomic E-state index is 11.7. The molecule has 2 N–H and O–H groups in total. The van der Waals surface area contributed by atoms with Gasteiger partial charge in [-0.05, 0) is 30.3 Å². The molecule has 0 saturated carbocycles. The Morgan fingerprint density at radius 2 is 1.78 bits per heavy atom. The number of halogens is 1. The van der Waals surface area contributed by atoms with Crippen LogP contribution in [0.2, 0.25) is 5.02 Å². The van der Waals surface area contributed by atoms with Gasteiger partial charge in [0.25, 0.3) is 0 Å². The molecule has 23 heavy (non-hydrogen) atoms. The third-order valence-electron chi connectivity index (χ3n) is 2.83. The molecule has 118 valence electrons. The fourth-order valence-electron chi connectivity index (χ4n) is 1.65. The fourth-order valence-corrected chi connectivity index (χ4v) is 1.84. The molecule has 0 radical (unpaired) electrons. The lowest BCUT2D eigenvalue weighted by Gasteiger charge is -2.05. The molecule has 2 rings (SSSR count). The lowest BCUT2D eigenvalue weighted by Crippen LogP contribution is -2.32. The summed E-state index contributed by atoms with van der Waals surface area (Å²) >= 11 is 5.94. The lowest BCUT2D eigenvalue weighted by molar-refractivity contribution is -0.136. The van der Waals surface area contributed by atoms with Crippen molar-refractivity contribution >= 4 is 35.3 Å². The first kappa shape index (κ1) is 16.5. The van der Waals surface area contributed by atoms with Gasteiger partial charge in [-0.1, -0.05) is 29.8 Å². The van der Waals surface area contributed by atoms with Crippen molar-refractivity contribution in [1.82, 2.24) is 5.43 Å². The molecule has 0 aliphatic heterocycles. The number of hydrogen-bond donors (Lipinski definition) is 2. The molecule has 7 heteroatoms. The summed E-state index contributed by atoms with van der Waals surface area (Å²) in [7, 11) is 1.54. The molecule has 0 bridgehead atoms. The van der Waals surface area contributed by atoms with Crippen LogP contribution in [0.4, 0.5) is 5.69 Å². The Kier molecular flexibility index (Phi) is 5.71. The molecular formula is C16H14ClN3O3. The maximum absolute atomic E-state index is 11.7. The van der Waals surface area contributed by atoms with E-state index in [-0.39, 0.29) is 0 Å². The highest BCUT2D eigenvalue weighted by Crippen LogP contribution is 2.15. The summed E-state index contributed by atoms with van der Waals surface area (Å²) in [4.78, 5) is 23.4. The van der Waals surface area contributed by atoms with Crippen LogP contribution < -0.4 is 15.5 Å². The van der Waals surface area contributed by atoms with Crippen LogP contribution in [0.3, 0.4) is 0 Å². The van der Waals surface area contributed by atoms with Crippen molar-refractivity contribution < 1.29 is 14.3 Å². The molecule has 0 saturated heterocycles. The first-order valence-corrected chi connectivity index (χ1v) is 7.01. The van der Waals surface area contributed by atoms with E-state index in [1.54, 1.807) is 48.5 Å². The predicted molar refractivity (Wildman–Crippen MR) is 88.8 cm³/mol. The van der Waals surface area contributed by atoms with Gasteiger partial charge in [-0.2, -0.15) is 5.10 Å². The number of carbonyl (C=O) groups excluding carboxylic acids is 2. The Bertz CT molecular complexity index is 730. The topological polar surface area (TPSA) is 79.8 Å². The molecule has 0 unspecified atom stereocenters. The van der Waals surface area contributed by atoms with E-state index in [4.69, 9.17) is 16.3 Å². The molecule has 0 heterocycles. The summed E-state index contributed by atoms with van der Waals surface area (Å²) in [6, 6.07) is 13.6. The van der Waals surface area contributed by atoms with Gasteiger partial charge < -0.3 is 10.1 Å². The Balaban J connectivity index is 1.89. The molecule has 0 aliphatic carbocycles. The number of amides is 2. The zero-order chi connectivity index (χ0) is 16.7. The smallest absolute Gasteiger partial charge is 0.329 e. The van der Waals surface area contributed by atoms with Crippen molar-refractivity contribution in [2.75, 3.05) is 12.4 Å².